The van der Waals surface area contributed by atoms with Gasteiger partial charge in [-0.3, -0.25) is 9.59 Å². The van der Waals surface area contributed by atoms with Gasteiger partial charge in [0.25, 0.3) is 0 Å². The number of ether oxygens (including phenoxy) is 2. The van der Waals surface area contributed by atoms with Crippen LogP contribution in [-0.2, 0) is 19.1 Å². The number of hydrogen-bond acceptors (Lipinski definition) is 12. The molecule has 2 aliphatic heterocycles. The smallest absolute Gasteiger partial charge is 0.310 e. The first-order chi connectivity index (χ1) is 33.7. The quantitative estimate of drug-likeness (QED) is 0.0522. The Morgan fingerprint density at radius 2 is 1.68 bits per heavy atom. The molecular formula is C56H90N4O11. The van der Waals surface area contributed by atoms with Crippen molar-refractivity contribution in [2.24, 2.45) is 79.1 Å². The fourth-order valence-electron chi connectivity index (χ4n) is 18.8. The summed E-state index contributed by atoms with van der Waals surface area (Å²) in [6.07, 6.45) is 11.5. The largest absolute Gasteiger partial charge is 0.481 e. The summed E-state index contributed by atoms with van der Waals surface area (Å²) in [5.74, 6) is -1.96. The average molecular weight is 995 g/mol. The van der Waals surface area contributed by atoms with E-state index < -0.39 is 86.6 Å². The van der Waals surface area contributed by atoms with Gasteiger partial charge in [0.15, 0.2) is 6.29 Å². The van der Waals surface area contributed by atoms with E-state index in [9.17, 15) is 45.3 Å². The van der Waals surface area contributed by atoms with Gasteiger partial charge >= 0.3 is 5.97 Å². The zero-order valence-electron chi connectivity index (χ0n) is 43.7. The number of unbranched alkanes of at least 4 members (excludes halogenated alkanes) is 2. The molecule has 7 fully saturated rings. The van der Waals surface area contributed by atoms with Gasteiger partial charge in [-0.15, -0.1) is 0 Å². The second-order valence-electron chi connectivity index (χ2n) is 25.9. The normalized spacial score (nSPS) is 47.4. The number of imidazole rings is 1. The number of hydrogen-bond donors (Lipinski definition) is 10. The summed E-state index contributed by atoms with van der Waals surface area (Å²) in [5.41, 5.74) is 3.78. The van der Waals surface area contributed by atoms with Crippen LogP contribution in [0, 0.1) is 73.4 Å². The number of carbonyl (C=O) groups excluding carboxylic acids is 1. The number of carbonyl (C=O) groups is 2. The Balaban J connectivity index is 1.22. The molecule has 11 N–H and O–H groups in total. The van der Waals surface area contributed by atoms with Crippen LogP contribution < -0.4 is 11.1 Å². The minimum atomic E-state index is -1.61. The number of aliphatic hydroxyl groups excluding tert-OH is 6. The van der Waals surface area contributed by atoms with Gasteiger partial charge in [-0.25, -0.2) is 4.98 Å². The first kappa shape index (κ1) is 53.4. The fraction of sp³-hybridized carbons (Fsp3) is 0.875. The van der Waals surface area contributed by atoms with Gasteiger partial charge < -0.3 is 61.3 Å². The van der Waals surface area contributed by atoms with Crippen LogP contribution in [0.5, 0.6) is 0 Å². The molecular weight excluding hydrogens is 905 g/mol. The molecule has 2 saturated heterocycles. The third kappa shape index (κ3) is 7.99. The van der Waals surface area contributed by atoms with Gasteiger partial charge in [0.2, 0.25) is 5.91 Å². The number of aromatic amines is 1. The van der Waals surface area contributed by atoms with Crippen LogP contribution in [0.3, 0.4) is 0 Å². The van der Waals surface area contributed by atoms with Gasteiger partial charge in [0.05, 0.1) is 42.6 Å². The molecule has 15 heteroatoms. The number of nitrogens with zero attached hydrogens (tertiary/aromatic N) is 1. The van der Waals surface area contributed by atoms with Crippen LogP contribution in [0.1, 0.15) is 169 Å². The van der Waals surface area contributed by atoms with Crippen LogP contribution in [0.25, 0.3) is 0 Å². The first-order valence-electron chi connectivity index (χ1n) is 27.9. The minimum Gasteiger partial charge on any atom is -0.481 e. The van der Waals surface area contributed by atoms with Crippen molar-refractivity contribution in [3.63, 3.8) is 0 Å². The number of H-pyrrole nitrogens is 1. The Morgan fingerprint density at radius 3 is 2.32 bits per heavy atom. The summed E-state index contributed by atoms with van der Waals surface area (Å²) in [5, 5.41) is 84.2. The van der Waals surface area contributed by atoms with Gasteiger partial charge in [-0.1, -0.05) is 85.3 Å². The maximum absolute atomic E-state index is 14.9. The lowest BCUT2D eigenvalue weighted by Crippen LogP contribution is -2.73. The fourth-order valence-corrected chi connectivity index (χ4v) is 18.8. The van der Waals surface area contributed by atoms with E-state index in [2.05, 4.69) is 56.0 Å². The predicted octanol–water partition coefficient (Wildman–Crippen LogP) is 5.96. The maximum Gasteiger partial charge on any atom is 0.310 e. The lowest BCUT2D eigenvalue weighted by Gasteiger charge is -2.74. The third-order valence-corrected chi connectivity index (χ3v) is 22.9. The highest BCUT2D eigenvalue weighted by atomic mass is 16.7. The molecule has 0 bridgehead atoms. The number of fused-ring (bicyclic) bond motifs is 7. The van der Waals surface area contributed by atoms with Gasteiger partial charge in [0.1, 0.15) is 18.3 Å². The van der Waals surface area contributed by atoms with E-state index in [4.69, 9.17) is 15.2 Å². The summed E-state index contributed by atoms with van der Waals surface area (Å²) in [4.78, 5) is 36.6. The number of amides is 1. The van der Waals surface area contributed by atoms with Crippen LogP contribution in [0.2, 0.25) is 0 Å². The second kappa shape index (κ2) is 19.6. The predicted molar refractivity (Wildman–Crippen MR) is 266 cm³/mol. The average Bonchev–Trinajstić information content (AvgIpc) is 4.12. The molecule has 1 spiro atoms. The SMILES string of the molecule is CCCCCC1CC2(C(=O)O)CCC(C)(CO)CC2C2=CCC3C4(C)C(CC5C(C(CCCN)c6cnc[nH]6)NC(=O)C56CCCC6)C(O)C(OC5OCC(O)C(O)C5O)C(C)(CO)C4CCC3(C)C21C. The molecule has 15 nitrogen and oxygen atoms in total. The van der Waals surface area contributed by atoms with Crippen molar-refractivity contribution in [1.82, 2.24) is 15.3 Å². The molecule has 20 unspecified atom stereocenters. The van der Waals surface area contributed by atoms with Crippen molar-refractivity contribution in [2.75, 3.05) is 26.4 Å². The van der Waals surface area contributed by atoms with E-state index in [0.29, 0.717) is 51.5 Å². The molecule has 400 valence electrons. The number of rotatable bonds is 16. The van der Waals surface area contributed by atoms with E-state index in [1.54, 1.807) is 6.33 Å². The molecule has 1 aromatic rings. The molecule has 3 heterocycles. The highest BCUT2D eigenvalue weighted by molar-refractivity contribution is 5.86. The van der Waals surface area contributed by atoms with Crippen molar-refractivity contribution in [2.45, 2.75) is 206 Å². The van der Waals surface area contributed by atoms with E-state index in [1.807, 2.05) is 13.1 Å². The van der Waals surface area contributed by atoms with Crippen molar-refractivity contribution in [3.8, 4) is 0 Å². The summed E-state index contributed by atoms with van der Waals surface area (Å²) >= 11 is 0. The minimum absolute atomic E-state index is 0.00223. The van der Waals surface area contributed by atoms with Crippen LogP contribution in [0.4, 0.5) is 0 Å². The number of nitrogens with two attached hydrogens (primary N) is 1. The zero-order chi connectivity index (χ0) is 51.1. The Bertz CT molecular complexity index is 2100. The van der Waals surface area contributed by atoms with Crippen molar-refractivity contribution in [1.29, 1.82) is 0 Å². The van der Waals surface area contributed by atoms with Gasteiger partial charge in [-0.2, -0.15) is 0 Å². The molecule has 71 heavy (non-hydrogen) atoms. The van der Waals surface area contributed by atoms with Crippen LogP contribution in [-0.4, -0.2) is 127 Å². The molecule has 6 aliphatic carbocycles. The van der Waals surface area contributed by atoms with Gasteiger partial charge in [-0.05, 0) is 147 Å². The molecule has 8 aliphatic rings. The summed E-state index contributed by atoms with van der Waals surface area (Å²) in [7, 11) is 0. The van der Waals surface area contributed by atoms with E-state index >= 15 is 0 Å². The summed E-state index contributed by atoms with van der Waals surface area (Å²) < 4.78 is 12.7. The molecule has 9 rings (SSSR count). The Kier molecular flexibility index (Phi) is 14.7. The number of nitrogens with one attached hydrogen (secondary N) is 2. The number of aliphatic carboxylic acids is 1. The molecule has 1 amide bonds. The molecule has 1 aromatic heterocycles. The molecule has 20 atom stereocenters. The standard InChI is InChI=1S/C56H90N4O11/c1-7-8-9-13-32-25-56(49(68)69)22-21-50(2,29-61)26-37(56)34-15-16-41-52(4,54(32,34)6)20-17-40-51(3,30-62)46(71-47-45(66)44(65)39(63)28-70-47)43(64)36(53(40,41)5)24-35-42(60-48(67)55(35)18-10-11-19-55)33(14-12-23-57)38-27-58-31-59-38/h15,27,31-33,35-37,39-47,61-66H,7-14,16-26,28-30,57H2,1-6H3,(H,58,59)(H,60,67)(H,68,69). The number of allylic oxidation sites excluding steroid dienone is 2. The van der Waals surface area contributed by atoms with Crippen molar-refractivity contribution < 1.29 is 54.8 Å². The van der Waals surface area contributed by atoms with E-state index in [0.717, 1.165) is 76.3 Å². The zero-order valence-corrected chi connectivity index (χ0v) is 43.7. The van der Waals surface area contributed by atoms with Gasteiger partial charge in [0, 0.05) is 35.9 Å². The number of aromatic nitrogens is 2. The first-order valence-corrected chi connectivity index (χ1v) is 27.9. The lowest BCUT2D eigenvalue weighted by atomic mass is 9.30. The lowest BCUT2D eigenvalue weighted by molar-refractivity contribution is -0.341. The number of carboxylic acid groups (broad SMARTS) is 1. The van der Waals surface area contributed by atoms with E-state index in [-0.39, 0.29) is 67.3 Å². The Hall–Kier alpha value is -2.47. The second-order valence-corrected chi connectivity index (χ2v) is 25.9. The monoisotopic (exact) mass is 995 g/mol. The summed E-state index contributed by atoms with van der Waals surface area (Å²) in [6, 6.07) is -0.296. The maximum atomic E-state index is 14.9. The Labute approximate surface area is 421 Å². The molecule has 0 radical (unpaired) electrons. The van der Waals surface area contributed by atoms with Crippen LogP contribution in [0.15, 0.2) is 24.2 Å². The third-order valence-electron chi connectivity index (χ3n) is 22.9. The molecule has 0 aromatic carbocycles. The van der Waals surface area contributed by atoms with Crippen molar-refractivity contribution in [3.05, 3.63) is 29.9 Å². The highest BCUT2D eigenvalue weighted by Gasteiger charge is 2.75. The number of carboxylic acids is 1. The Morgan fingerprint density at radius 1 is 0.930 bits per heavy atom. The van der Waals surface area contributed by atoms with Crippen LogP contribution >= 0.6 is 0 Å². The van der Waals surface area contributed by atoms with E-state index in [1.165, 1.54) is 5.57 Å². The highest BCUT2D eigenvalue weighted by Crippen LogP contribution is 2.79. The molecule has 5 saturated carbocycles. The number of aliphatic hydroxyl groups is 6. The topological polar surface area (TPSA) is 261 Å². The summed E-state index contributed by atoms with van der Waals surface area (Å²) in [6.45, 7) is 13.5. The van der Waals surface area contributed by atoms with Crippen molar-refractivity contribution >= 4 is 11.9 Å².